The normalized spacial score (nSPS) is 11.2. The van der Waals surface area contributed by atoms with E-state index in [4.69, 9.17) is 27.9 Å². The Morgan fingerprint density at radius 2 is 1.86 bits per heavy atom. The lowest BCUT2D eigenvalue weighted by Gasteiger charge is -2.12. The van der Waals surface area contributed by atoms with Crippen molar-refractivity contribution in [1.29, 1.82) is 5.26 Å². The quantitative estimate of drug-likeness (QED) is 0.281. The van der Waals surface area contributed by atoms with Crippen molar-refractivity contribution < 1.29 is 9.13 Å². The summed E-state index contributed by atoms with van der Waals surface area (Å²) < 4.78 is 19.9. The van der Waals surface area contributed by atoms with Crippen LogP contribution in [0.4, 0.5) is 4.39 Å². The van der Waals surface area contributed by atoms with Gasteiger partial charge >= 0.3 is 0 Å². The third-order valence-corrected chi connectivity index (χ3v) is 5.16. The first-order valence-corrected chi connectivity index (χ1v) is 9.76. The lowest BCUT2D eigenvalue weighted by atomic mass is 10.0. The van der Waals surface area contributed by atoms with Gasteiger partial charge < -0.3 is 4.74 Å². The van der Waals surface area contributed by atoms with Crippen LogP contribution < -0.4 is 4.74 Å². The molecule has 0 aliphatic rings. The fourth-order valence-corrected chi connectivity index (χ4v) is 3.75. The molecule has 0 aliphatic carbocycles. The molecule has 0 atom stereocenters. The number of benzene rings is 3. The molecule has 3 aromatic rings. The molecule has 3 rings (SSSR count). The molecule has 0 saturated heterocycles. The summed E-state index contributed by atoms with van der Waals surface area (Å²) in [6.45, 7) is 0.264. The highest BCUT2D eigenvalue weighted by atomic mass is 79.9. The van der Waals surface area contributed by atoms with Gasteiger partial charge in [-0.1, -0.05) is 53.5 Å². The van der Waals surface area contributed by atoms with Gasteiger partial charge in [0, 0.05) is 10.6 Å². The molecule has 2 nitrogen and oxygen atoms in total. The molecule has 0 radical (unpaired) electrons. The van der Waals surface area contributed by atoms with Crippen LogP contribution >= 0.6 is 39.1 Å². The Labute approximate surface area is 180 Å². The van der Waals surface area contributed by atoms with Gasteiger partial charge in [-0.3, -0.25) is 0 Å². The van der Waals surface area contributed by atoms with Crippen molar-refractivity contribution in [3.63, 3.8) is 0 Å². The molecule has 0 unspecified atom stereocenters. The van der Waals surface area contributed by atoms with E-state index in [0.29, 0.717) is 37.0 Å². The van der Waals surface area contributed by atoms with Crippen molar-refractivity contribution in [3.8, 4) is 11.8 Å². The zero-order chi connectivity index (χ0) is 20.1. The molecule has 28 heavy (non-hydrogen) atoms. The number of hydrogen-bond donors (Lipinski definition) is 0. The second-order valence-electron chi connectivity index (χ2n) is 5.87. The summed E-state index contributed by atoms with van der Waals surface area (Å²) in [5.41, 5.74) is 2.35. The SMILES string of the molecule is N#C/C(=C/c1cc(Cl)c(OCc2ccccc2Cl)c(Br)c1)c1cccc(F)c1. The highest BCUT2D eigenvalue weighted by Gasteiger charge is 2.11. The summed E-state index contributed by atoms with van der Waals surface area (Å²) in [4.78, 5) is 0. The average molecular weight is 477 g/mol. The van der Waals surface area contributed by atoms with Crippen molar-refractivity contribution in [1.82, 2.24) is 0 Å². The first-order valence-electron chi connectivity index (χ1n) is 8.21. The van der Waals surface area contributed by atoms with Gasteiger partial charge in [-0.15, -0.1) is 0 Å². The van der Waals surface area contributed by atoms with E-state index in [9.17, 15) is 9.65 Å². The molecule has 0 N–H and O–H groups in total. The number of hydrogen-bond acceptors (Lipinski definition) is 2. The monoisotopic (exact) mass is 475 g/mol. The van der Waals surface area contributed by atoms with Crippen LogP contribution in [0.2, 0.25) is 10.0 Å². The molecule has 0 amide bonds. The number of rotatable bonds is 5. The van der Waals surface area contributed by atoms with Gasteiger partial charge in [-0.25, -0.2) is 4.39 Å². The van der Waals surface area contributed by atoms with E-state index in [-0.39, 0.29) is 6.61 Å². The Balaban J connectivity index is 1.87. The van der Waals surface area contributed by atoms with E-state index in [0.717, 1.165) is 5.56 Å². The zero-order valence-corrected chi connectivity index (χ0v) is 17.5. The summed E-state index contributed by atoms with van der Waals surface area (Å²) in [6.07, 6.45) is 1.64. The first kappa shape index (κ1) is 20.4. The number of halogens is 4. The Morgan fingerprint density at radius 3 is 2.54 bits per heavy atom. The van der Waals surface area contributed by atoms with Crippen LogP contribution in [0.1, 0.15) is 16.7 Å². The van der Waals surface area contributed by atoms with Crippen LogP contribution in [0, 0.1) is 17.1 Å². The minimum atomic E-state index is -0.402. The molecule has 3 aromatic carbocycles. The number of ether oxygens (including phenoxy) is 1. The number of allylic oxidation sites excluding steroid dienone is 1. The third-order valence-electron chi connectivity index (χ3n) is 3.92. The Bertz CT molecular complexity index is 1070. The van der Waals surface area contributed by atoms with Crippen LogP contribution in [0.25, 0.3) is 11.6 Å². The second-order valence-corrected chi connectivity index (χ2v) is 7.54. The molecule has 6 heteroatoms. The van der Waals surface area contributed by atoms with Gasteiger partial charge in [0.2, 0.25) is 0 Å². The van der Waals surface area contributed by atoms with E-state index < -0.39 is 5.82 Å². The highest BCUT2D eigenvalue weighted by molar-refractivity contribution is 9.10. The topological polar surface area (TPSA) is 33.0 Å². The molecule has 0 aromatic heterocycles. The molecular formula is C22H13BrCl2FNO. The van der Waals surface area contributed by atoms with Crippen LogP contribution in [0.15, 0.2) is 65.1 Å². The minimum absolute atomic E-state index is 0.264. The van der Waals surface area contributed by atoms with Gasteiger partial charge in [0.25, 0.3) is 0 Å². The van der Waals surface area contributed by atoms with E-state index >= 15 is 0 Å². The highest BCUT2D eigenvalue weighted by Crippen LogP contribution is 2.36. The molecule has 0 spiro atoms. The lowest BCUT2D eigenvalue weighted by molar-refractivity contribution is 0.304. The van der Waals surface area contributed by atoms with Crippen molar-refractivity contribution in [2.24, 2.45) is 0 Å². The molecule has 0 bridgehead atoms. The van der Waals surface area contributed by atoms with Crippen LogP contribution in [0.5, 0.6) is 5.75 Å². The van der Waals surface area contributed by atoms with Gasteiger partial charge in [-0.2, -0.15) is 5.26 Å². The zero-order valence-electron chi connectivity index (χ0n) is 14.4. The van der Waals surface area contributed by atoms with E-state index in [2.05, 4.69) is 22.0 Å². The number of nitrogens with zero attached hydrogens (tertiary/aromatic N) is 1. The van der Waals surface area contributed by atoms with Crippen molar-refractivity contribution >= 4 is 50.8 Å². The first-order chi connectivity index (χ1) is 13.5. The Kier molecular flexibility index (Phi) is 6.74. The van der Waals surface area contributed by atoms with Crippen molar-refractivity contribution in [2.75, 3.05) is 0 Å². The molecule has 0 saturated carbocycles. The second kappa shape index (κ2) is 9.25. The van der Waals surface area contributed by atoms with Crippen LogP contribution in [0.3, 0.4) is 0 Å². The van der Waals surface area contributed by atoms with Crippen molar-refractivity contribution in [3.05, 3.63) is 97.7 Å². The van der Waals surface area contributed by atoms with Crippen molar-refractivity contribution in [2.45, 2.75) is 6.61 Å². The third kappa shape index (κ3) is 4.94. The largest absolute Gasteiger partial charge is 0.486 e. The predicted octanol–water partition coefficient (Wildman–Crippen LogP) is 7.54. The van der Waals surface area contributed by atoms with E-state index in [1.807, 2.05) is 18.2 Å². The smallest absolute Gasteiger partial charge is 0.152 e. The summed E-state index contributed by atoms with van der Waals surface area (Å²) in [5, 5.41) is 10.4. The van der Waals surface area contributed by atoms with Gasteiger partial charge in [0.05, 0.1) is 21.1 Å². The lowest BCUT2D eigenvalue weighted by Crippen LogP contribution is -1.98. The maximum absolute atomic E-state index is 13.4. The number of nitriles is 1. The molecule has 0 fully saturated rings. The minimum Gasteiger partial charge on any atom is -0.486 e. The molecule has 140 valence electrons. The Hall–Kier alpha value is -2.32. The van der Waals surface area contributed by atoms with Gasteiger partial charge in [-0.05, 0) is 63.5 Å². The molecule has 0 heterocycles. The van der Waals surface area contributed by atoms with E-state index in [1.165, 1.54) is 12.1 Å². The summed E-state index contributed by atoms with van der Waals surface area (Å²) in [6, 6.07) is 18.8. The fraction of sp³-hybridized carbons (Fsp3) is 0.0455. The summed E-state index contributed by atoms with van der Waals surface area (Å²) in [7, 11) is 0. The summed E-state index contributed by atoms with van der Waals surface area (Å²) in [5.74, 6) is 0.0733. The van der Waals surface area contributed by atoms with Gasteiger partial charge in [0.1, 0.15) is 12.4 Å². The maximum atomic E-state index is 13.4. The molecule has 0 aliphatic heterocycles. The average Bonchev–Trinajstić information content (AvgIpc) is 2.66. The Morgan fingerprint density at radius 1 is 1.07 bits per heavy atom. The predicted molar refractivity (Wildman–Crippen MR) is 115 cm³/mol. The van der Waals surface area contributed by atoms with Crippen LogP contribution in [-0.2, 0) is 6.61 Å². The molecular weight excluding hydrogens is 464 g/mol. The van der Waals surface area contributed by atoms with Gasteiger partial charge in [0.15, 0.2) is 5.75 Å². The maximum Gasteiger partial charge on any atom is 0.152 e. The van der Waals surface area contributed by atoms with Crippen LogP contribution in [-0.4, -0.2) is 0 Å². The van der Waals surface area contributed by atoms with E-state index in [1.54, 1.807) is 36.4 Å². The fourth-order valence-electron chi connectivity index (χ4n) is 2.57. The summed E-state index contributed by atoms with van der Waals surface area (Å²) >= 11 is 16.0. The standard InChI is InChI=1S/C22H13BrCl2FNO/c23-19-9-14(8-17(12-27)15-5-3-6-18(26)11-15)10-21(25)22(19)28-13-16-4-1-2-7-20(16)24/h1-11H,13H2/b17-8-.